The van der Waals surface area contributed by atoms with Crippen LogP contribution >= 0.6 is 15.9 Å². The molecule has 15 heavy (non-hydrogen) atoms. The first-order chi connectivity index (χ1) is 7.06. The minimum absolute atomic E-state index is 0.426. The van der Waals surface area contributed by atoms with E-state index in [1.165, 1.54) is 5.69 Å². The molecule has 0 aliphatic rings. The number of nitrogens with zero attached hydrogens (tertiary/aromatic N) is 1. The Morgan fingerprint density at radius 1 is 1.47 bits per heavy atom. The number of benzene rings is 1. The minimum atomic E-state index is -0.426. The quantitative estimate of drug-likeness (QED) is 0.908. The highest BCUT2D eigenvalue weighted by molar-refractivity contribution is 9.10. The first-order valence-electron chi connectivity index (χ1n) is 5.25. The van der Waals surface area contributed by atoms with E-state index in [9.17, 15) is 5.11 Å². The third-order valence-electron chi connectivity index (χ3n) is 2.43. The van der Waals surface area contributed by atoms with Crippen LogP contribution in [0.3, 0.4) is 0 Å². The molecule has 0 radical (unpaired) electrons. The van der Waals surface area contributed by atoms with Crippen molar-refractivity contribution in [2.24, 2.45) is 0 Å². The van der Waals surface area contributed by atoms with Gasteiger partial charge in [-0.1, -0.05) is 28.9 Å². The van der Waals surface area contributed by atoms with Gasteiger partial charge in [-0.3, -0.25) is 0 Å². The average molecular weight is 272 g/mol. The zero-order chi connectivity index (χ0) is 11.4. The van der Waals surface area contributed by atoms with Crippen molar-refractivity contribution < 1.29 is 5.11 Å². The summed E-state index contributed by atoms with van der Waals surface area (Å²) in [6.45, 7) is 4.98. The fourth-order valence-corrected chi connectivity index (χ4v) is 2.25. The molecule has 0 aliphatic carbocycles. The van der Waals surface area contributed by atoms with Gasteiger partial charge in [0.1, 0.15) is 0 Å². The molecule has 0 fully saturated rings. The van der Waals surface area contributed by atoms with Crippen LogP contribution in [0.5, 0.6) is 0 Å². The Balaban J connectivity index is 2.91. The molecule has 0 aliphatic heterocycles. The summed E-state index contributed by atoms with van der Waals surface area (Å²) in [6, 6.07) is 6.07. The summed E-state index contributed by atoms with van der Waals surface area (Å²) >= 11 is 3.48. The first kappa shape index (κ1) is 12.5. The van der Waals surface area contributed by atoms with Crippen LogP contribution in [0.1, 0.15) is 31.9 Å². The Kier molecular flexibility index (Phi) is 4.61. The van der Waals surface area contributed by atoms with Crippen molar-refractivity contribution in [2.75, 3.05) is 18.5 Å². The topological polar surface area (TPSA) is 23.5 Å². The van der Waals surface area contributed by atoms with Gasteiger partial charge >= 0.3 is 0 Å². The molecule has 0 heterocycles. The van der Waals surface area contributed by atoms with Crippen LogP contribution in [0.25, 0.3) is 0 Å². The third-order valence-corrected chi connectivity index (χ3v) is 3.12. The molecule has 1 aromatic rings. The summed E-state index contributed by atoms with van der Waals surface area (Å²) in [7, 11) is 2.08. The highest BCUT2D eigenvalue weighted by Crippen LogP contribution is 2.27. The zero-order valence-corrected chi connectivity index (χ0v) is 11.1. The molecule has 0 amide bonds. The molecule has 1 rings (SSSR count). The summed E-state index contributed by atoms with van der Waals surface area (Å²) in [4.78, 5) is 2.20. The second-order valence-electron chi connectivity index (χ2n) is 3.80. The number of aliphatic hydroxyl groups is 1. The molecule has 0 spiro atoms. The van der Waals surface area contributed by atoms with Gasteiger partial charge in [0.15, 0.2) is 0 Å². The molecule has 0 saturated carbocycles. The van der Waals surface area contributed by atoms with Gasteiger partial charge in [0.05, 0.1) is 6.10 Å². The maximum Gasteiger partial charge on any atom is 0.0772 e. The summed E-state index contributed by atoms with van der Waals surface area (Å²) in [5, 5.41) is 9.49. The van der Waals surface area contributed by atoms with Crippen molar-refractivity contribution in [3.05, 3.63) is 28.2 Å². The number of hydrogen-bond acceptors (Lipinski definition) is 2. The Hall–Kier alpha value is -0.540. The van der Waals surface area contributed by atoms with Crippen LogP contribution in [-0.2, 0) is 0 Å². The Bertz CT molecular complexity index is 325. The van der Waals surface area contributed by atoms with Crippen LogP contribution in [0, 0.1) is 0 Å². The van der Waals surface area contributed by atoms with Crippen molar-refractivity contribution in [3.63, 3.8) is 0 Å². The predicted octanol–water partition coefficient (Wildman–Crippen LogP) is 3.35. The Morgan fingerprint density at radius 3 is 2.60 bits per heavy atom. The van der Waals surface area contributed by atoms with Crippen molar-refractivity contribution in [1.29, 1.82) is 0 Å². The van der Waals surface area contributed by atoms with E-state index >= 15 is 0 Å². The number of rotatable bonds is 4. The molecule has 2 nitrogen and oxygen atoms in total. The summed E-state index contributed by atoms with van der Waals surface area (Å²) in [6.07, 6.45) is 0.705. The standard InChI is InChI=1S/C12H18BrNO/c1-4-7-14(3)10-5-6-11(9(2)15)12(13)8-10/h5-6,8-9,15H,4,7H2,1-3H3/t9-/m0/s1. The van der Waals surface area contributed by atoms with Gasteiger partial charge in [-0.15, -0.1) is 0 Å². The van der Waals surface area contributed by atoms with E-state index in [0.717, 1.165) is 23.0 Å². The van der Waals surface area contributed by atoms with Gasteiger partial charge in [0, 0.05) is 23.8 Å². The van der Waals surface area contributed by atoms with Crippen LogP contribution in [0.4, 0.5) is 5.69 Å². The van der Waals surface area contributed by atoms with Crippen LogP contribution in [-0.4, -0.2) is 18.7 Å². The van der Waals surface area contributed by atoms with Crippen molar-refractivity contribution >= 4 is 21.6 Å². The van der Waals surface area contributed by atoms with Crippen LogP contribution in [0.2, 0.25) is 0 Å². The van der Waals surface area contributed by atoms with Crippen molar-refractivity contribution in [3.8, 4) is 0 Å². The lowest BCUT2D eigenvalue weighted by atomic mass is 10.1. The van der Waals surface area contributed by atoms with Gasteiger partial charge in [0.2, 0.25) is 0 Å². The van der Waals surface area contributed by atoms with Gasteiger partial charge in [-0.2, -0.15) is 0 Å². The van der Waals surface area contributed by atoms with Gasteiger partial charge in [-0.25, -0.2) is 0 Å². The van der Waals surface area contributed by atoms with Crippen molar-refractivity contribution in [1.82, 2.24) is 0 Å². The summed E-state index contributed by atoms with van der Waals surface area (Å²) in [5.74, 6) is 0. The fraction of sp³-hybridized carbons (Fsp3) is 0.500. The molecule has 1 aromatic carbocycles. The largest absolute Gasteiger partial charge is 0.389 e. The summed E-state index contributed by atoms with van der Waals surface area (Å²) in [5.41, 5.74) is 2.11. The molecule has 0 unspecified atom stereocenters. The van der Waals surface area contributed by atoms with E-state index in [1.54, 1.807) is 6.92 Å². The smallest absolute Gasteiger partial charge is 0.0772 e. The summed E-state index contributed by atoms with van der Waals surface area (Å²) < 4.78 is 0.970. The highest BCUT2D eigenvalue weighted by Gasteiger charge is 2.08. The molecule has 1 N–H and O–H groups in total. The molecule has 0 bridgehead atoms. The van der Waals surface area contributed by atoms with E-state index in [-0.39, 0.29) is 0 Å². The van der Waals surface area contributed by atoms with Crippen LogP contribution in [0.15, 0.2) is 22.7 Å². The van der Waals surface area contributed by atoms with E-state index in [2.05, 4.69) is 40.9 Å². The fourth-order valence-electron chi connectivity index (χ4n) is 1.56. The van der Waals surface area contributed by atoms with Gasteiger partial charge < -0.3 is 10.0 Å². The van der Waals surface area contributed by atoms with E-state index in [0.29, 0.717) is 0 Å². The zero-order valence-electron chi connectivity index (χ0n) is 9.50. The van der Waals surface area contributed by atoms with E-state index in [1.807, 2.05) is 12.1 Å². The molecule has 0 saturated heterocycles. The first-order valence-corrected chi connectivity index (χ1v) is 6.04. The second kappa shape index (κ2) is 5.52. The Morgan fingerprint density at radius 2 is 2.13 bits per heavy atom. The minimum Gasteiger partial charge on any atom is -0.389 e. The second-order valence-corrected chi connectivity index (χ2v) is 4.66. The lowest BCUT2D eigenvalue weighted by Gasteiger charge is -2.19. The lowest BCUT2D eigenvalue weighted by molar-refractivity contribution is 0.198. The molecule has 84 valence electrons. The number of halogens is 1. The number of hydrogen-bond donors (Lipinski definition) is 1. The Labute approximate surface area is 100 Å². The normalized spacial score (nSPS) is 12.6. The maximum atomic E-state index is 9.49. The van der Waals surface area contributed by atoms with Gasteiger partial charge in [-0.05, 0) is 31.0 Å². The predicted molar refractivity (Wildman–Crippen MR) is 68.3 cm³/mol. The third kappa shape index (κ3) is 3.21. The lowest BCUT2D eigenvalue weighted by Crippen LogP contribution is -2.17. The number of anilines is 1. The maximum absolute atomic E-state index is 9.49. The number of aliphatic hydroxyl groups excluding tert-OH is 1. The molecule has 3 heteroatoms. The molecular weight excluding hydrogens is 254 g/mol. The van der Waals surface area contributed by atoms with Crippen LogP contribution < -0.4 is 4.90 Å². The van der Waals surface area contributed by atoms with Crippen molar-refractivity contribution in [2.45, 2.75) is 26.4 Å². The molecule has 0 aromatic heterocycles. The van der Waals surface area contributed by atoms with E-state index < -0.39 is 6.10 Å². The van der Waals surface area contributed by atoms with Gasteiger partial charge in [0.25, 0.3) is 0 Å². The average Bonchev–Trinajstić information content (AvgIpc) is 2.17. The van der Waals surface area contributed by atoms with E-state index in [4.69, 9.17) is 0 Å². The SMILES string of the molecule is CCCN(C)c1ccc([C@H](C)O)c(Br)c1. The molecule has 1 atom stereocenters. The highest BCUT2D eigenvalue weighted by atomic mass is 79.9. The monoisotopic (exact) mass is 271 g/mol. The molecular formula is C12H18BrNO.